The van der Waals surface area contributed by atoms with Gasteiger partial charge >= 0.3 is 0 Å². The number of nitrogens with one attached hydrogen (secondary N) is 1. The van der Waals surface area contributed by atoms with Crippen molar-refractivity contribution in [2.75, 3.05) is 26.0 Å². The molecule has 0 amide bonds. The Morgan fingerprint density at radius 2 is 1.74 bits per heavy atom. The van der Waals surface area contributed by atoms with E-state index in [2.05, 4.69) is 55.3 Å². The van der Waals surface area contributed by atoms with Crippen molar-refractivity contribution < 1.29 is 4.39 Å². The predicted molar refractivity (Wildman–Crippen MR) is 92.8 cm³/mol. The molecule has 4 nitrogen and oxygen atoms in total. The summed E-state index contributed by atoms with van der Waals surface area (Å²) in [5, 5.41) is 11.9. The van der Waals surface area contributed by atoms with Crippen LogP contribution in [0.5, 0.6) is 0 Å². The Kier molecular flexibility index (Phi) is 5.31. The molecule has 0 bridgehead atoms. The van der Waals surface area contributed by atoms with Crippen LogP contribution in [0.4, 0.5) is 10.2 Å². The lowest BCUT2D eigenvalue weighted by Gasteiger charge is -2.35. The number of benzene rings is 1. The van der Waals surface area contributed by atoms with E-state index in [1.54, 1.807) is 12.1 Å². The summed E-state index contributed by atoms with van der Waals surface area (Å²) in [6.07, 6.45) is 0. The molecule has 0 aliphatic carbocycles. The van der Waals surface area contributed by atoms with Crippen molar-refractivity contribution in [1.82, 2.24) is 15.1 Å². The molecule has 1 atom stereocenters. The van der Waals surface area contributed by atoms with Gasteiger partial charge in [0.15, 0.2) is 0 Å². The fourth-order valence-corrected chi connectivity index (χ4v) is 2.55. The van der Waals surface area contributed by atoms with Crippen LogP contribution in [0.25, 0.3) is 11.3 Å². The second-order valence-corrected chi connectivity index (χ2v) is 6.90. The molecule has 0 saturated carbocycles. The molecule has 1 aromatic heterocycles. The maximum absolute atomic E-state index is 13.0. The summed E-state index contributed by atoms with van der Waals surface area (Å²) in [6.45, 7) is 7.58. The molecule has 1 heterocycles. The molecule has 23 heavy (non-hydrogen) atoms. The first-order valence-electron chi connectivity index (χ1n) is 7.79. The average Bonchev–Trinajstić information content (AvgIpc) is 2.47. The fourth-order valence-electron chi connectivity index (χ4n) is 2.55. The molecular weight excluding hydrogens is 291 g/mol. The Labute approximate surface area is 137 Å². The summed E-state index contributed by atoms with van der Waals surface area (Å²) in [5.41, 5.74) is 1.68. The van der Waals surface area contributed by atoms with Gasteiger partial charge in [0.05, 0.1) is 5.69 Å². The second kappa shape index (κ2) is 7.04. The lowest BCUT2D eigenvalue weighted by molar-refractivity contribution is 0.217. The van der Waals surface area contributed by atoms with Crippen molar-refractivity contribution in [1.29, 1.82) is 0 Å². The molecule has 1 aromatic carbocycles. The first-order chi connectivity index (χ1) is 10.8. The number of halogens is 1. The van der Waals surface area contributed by atoms with Crippen LogP contribution < -0.4 is 5.32 Å². The van der Waals surface area contributed by atoms with Gasteiger partial charge in [0, 0.05) is 18.2 Å². The summed E-state index contributed by atoms with van der Waals surface area (Å²) in [4.78, 5) is 2.18. The molecular formula is C18H25FN4. The van der Waals surface area contributed by atoms with Gasteiger partial charge in [0.1, 0.15) is 11.6 Å². The Morgan fingerprint density at radius 3 is 2.26 bits per heavy atom. The van der Waals surface area contributed by atoms with E-state index in [0.29, 0.717) is 0 Å². The molecule has 2 rings (SSSR count). The van der Waals surface area contributed by atoms with E-state index in [0.717, 1.165) is 23.6 Å². The second-order valence-electron chi connectivity index (χ2n) is 6.90. The Bertz CT molecular complexity index is 620. The zero-order valence-electron chi connectivity index (χ0n) is 14.5. The smallest absolute Gasteiger partial charge is 0.148 e. The molecule has 2 aromatic rings. The molecule has 0 saturated heterocycles. The van der Waals surface area contributed by atoms with Gasteiger partial charge in [-0.2, -0.15) is 0 Å². The van der Waals surface area contributed by atoms with E-state index in [-0.39, 0.29) is 17.3 Å². The molecule has 0 fully saturated rings. The van der Waals surface area contributed by atoms with E-state index in [9.17, 15) is 4.39 Å². The van der Waals surface area contributed by atoms with E-state index in [1.165, 1.54) is 12.1 Å². The number of rotatable bonds is 6. The summed E-state index contributed by atoms with van der Waals surface area (Å²) < 4.78 is 13.0. The third-order valence-corrected chi connectivity index (χ3v) is 4.06. The van der Waals surface area contributed by atoms with Gasteiger partial charge in [-0.25, -0.2) is 4.39 Å². The highest BCUT2D eigenvalue weighted by atomic mass is 19.1. The third-order valence-electron chi connectivity index (χ3n) is 4.06. The Balaban J connectivity index is 2.06. The topological polar surface area (TPSA) is 41.1 Å². The first kappa shape index (κ1) is 17.3. The monoisotopic (exact) mass is 316 g/mol. The maximum Gasteiger partial charge on any atom is 0.148 e. The van der Waals surface area contributed by atoms with Crippen molar-refractivity contribution in [3.63, 3.8) is 0 Å². The lowest BCUT2D eigenvalue weighted by Crippen LogP contribution is -2.41. The maximum atomic E-state index is 13.0. The fraction of sp³-hybridized carbons (Fsp3) is 0.444. The van der Waals surface area contributed by atoms with Gasteiger partial charge in [0.25, 0.3) is 0 Å². The normalized spacial score (nSPS) is 13.2. The summed E-state index contributed by atoms with van der Waals surface area (Å²) in [6, 6.07) is 10.3. The van der Waals surface area contributed by atoms with Gasteiger partial charge in [-0.15, -0.1) is 10.2 Å². The first-order valence-corrected chi connectivity index (χ1v) is 7.79. The number of aromatic nitrogens is 2. The van der Waals surface area contributed by atoms with Crippen LogP contribution in [0.15, 0.2) is 36.4 Å². The van der Waals surface area contributed by atoms with Crippen LogP contribution in [0.2, 0.25) is 0 Å². The Hall–Kier alpha value is -2.01. The van der Waals surface area contributed by atoms with Gasteiger partial charge < -0.3 is 10.2 Å². The minimum Gasteiger partial charge on any atom is -0.366 e. The standard InChI is InChI=1S/C18H25FN4/c1-13(18(2,3)12-23(4)5)20-17-11-10-16(21-22-17)14-6-8-15(19)9-7-14/h6-11,13H,12H2,1-5H3,(H,20,22). The highest BCUT2D eigenvalue weighted by Crippen LogP contribution is 2.24. The van der Waals surface area contributed by atoms with Crippen LogP contribution >= 0.6 is 0 Å². The van der Waals surface area contributed by atoms with Gasteiger partial charge in [-0.1, -0.05) is 13.8 Å². The molecule has 0 spiro atoms. The minimum absolute atomic E-state index is 0.0980. The zero-order valence-corrected chi connectivity index (χ0v) is 14.5. The van der Waals surface area contributed by atoms with Crippen molar-refractivity contribution in [2.24, 2.45) is 5.41 Å². The van der Waals surface area contributed by atoms with Gasteiger partial charge in [-0.05, 0) is 62.8 Å². The summed E-state index contributed by atoms with van der Waals surface area (Å²) in [7, 11) is 4.15. The van der Waals surface area contributed by atoms with Crippen LogP contribution in [-0.4, -0.2) is 41.8 Å². The summed E-state index contributed by atoms with van der Waals surface area (Å²) >= 11 is 0. The van der Waals surface area contributed by atoms with Crippen molar-refractivity contribution in [3.05, 3.63) is 42.2 Å². The molecule has 1 N–H and O–H groups in total. The van der Waals surface area contributed by atoms with Crippen LogP contribution in [0.1, 0.15) is 20.8 Å². The van der Waals surface area contributed by atoms with Crippen LogP contribution in [0, 0.1) is 11.2 Å². The summed E-state index contributed by atoms with van der Waals surface area (Å²) in [5.74, 6) is 0.493. The van der Waals surface area contributed by atoms with Crippen LogP contribution in [-0.2, 0) is 0 Å². The predicted octanol–water partition coefficient (Wildman–Crippen LogP) is 3.67. The van der Waals surface area contributed by atoms with E-state index >= 15 is 0 Å². The largest absolute Gasteiger partial charge is 0.366 e. The molecule has 0 radical (unpaired) electrons. The van der Waals surface area contributed by atoms with Gasteiger partial charge in [-0.3, -0.25) is 0 Å². The molecule has 1 unspecified atom stereocenters. The van der Waals surface area contributed by atoms with Crippen molar-refractivity contribution in [3.8, 4) is 11.3 Å². The molecule has 124 valence electrons. The highest BCUT2D eigenvalue weighted by Gasteiger charge is 2.26. The number of anilines is 1. The third kappa shape index (κ3) is 4.73. The van der Waals surface area contributed by atoms with E-state index < -0.39 is 0 Å². The number of hydrogen-bond acceptors (Lipinski definition) is 4. The minimum atomic E-state index is -0.253. The van der Waals surface area contributed by atoms with Crippen molar-refractivity contribution in [2.45, 2.75) is 26.8 Å². The zero-order chi connectivity index (χ0) is 17.0. The van der Waals surface area contributed by atoms with E-state index in [4.69, 9.17) is 0 Å². The molecule has 0 aliphatic heterocycles. The number of nitrogens with zero attached hydrogens (tertiary/aromatic N) is 3. The lowest BCUT2D eigenvalue weighted by atomic mass is 9.85. The van der Waals surface area contributed by atoms with E-state index in [1.807, 2.05) is 12.1 Å². The van der Waals surface area contributed by atoms with Crippen molar-refractivity contribution >= 4 is 5.82 Å². The molecule has 5 heteroatoms. The van der Waals surface area contributed by atoms with Gasteiger partial charge in [0.2, 0.25) is 0 Å². The highest BCUT2D eigenvalue weighted by molar-refractivity contribution is 5.59. The van der Waals surface area contributed by atoms with Crippen LogP contribution in [0.3, 0.4) is 0 Å². The quantitative estimate of drug-likeness (QED) is 0.883. The average molecular weight is 316 g/mol. The molecule has 0 aliphatic rings. The number of hydrogen-bond donors (Lipinski definition) is 1. The Morgan fingerprint density at radius 1 is 1.09 bits per heavy atom. The SMILES string of the molecule is CC(Nc1ccc(-c2ccc(F)cc2)nn1)C(C)(C)CN(C)C.